The van der Waals surface area contributed by atoms with E-state index in [1.165, 1.54) is 5.56 Å². The molecule has 0 aliphatic rings. The number of aromatic nitrogens is 1. The van der Waals surface area contributed by atoms with Crippen LogP contribution in [0.4, 0.5) is 0 Å². The first-order valence-corrected chi connectivity index (χ1v) is 5.86. The Labute approximate surface area is 118 Å². The van der Waals surface area contributed by atoms with Gasteiger partial charge in [0.25, 0.3) is 0 Å². The van der Waals surface area contributed by atoms with E-state index in [4.69, 9.17) is 0 Å². The number of carbonyl (C=O) groups is 1. The van der Waals surface area contributed by atoms with Gasteiger partial charge in [0.15, 0.2) is 12.4 Å². The van der Waals surface area contributed by atoms with E-state index >= 15 is 0 Å². The molecule has 2 nitrogen and oxygen atoms in total. The zero-order valence-corrected chi connectivity index (χ0v) is 11.9. The van der Waals surface area contributed by atoms with Crippen LogP contribution in [0.25, 0.3) is 0 Å². The number of rotatable bonds is 4. The predicted octanol–water partition coefficient (Wildman–Crippen LogP) is -0.577. The minimum atomic E-state index is 0. The van der Waals surface area contributed by atoms with Gasteiger partial charge < -0.3 is 17.0 Å². The molecular formula is C15H16BrNO. The number of hydrogen-bond donors (Lipinski definition) is 0. The maximum absolute atomic E-state index is 11.9. The Bertz CT molecular complexity index is 494. The number of halogens is 1. The van der Waals surface area contributed by atoms with Crippen LogP contribution >= 0.6 is 0 Å². The van der Waals surface area contributed by atoms with Gasteiger partial charge in [-0.05, 0) is 12.0 Å². The fourth-order valence-corrected chi connectivity index (χ4v) is 1.71. The van der Waals surface area contributed by atoms with Gasteiger partial charge in [0.1, 0.15) is 0 Å². The molecule has 3 heteroatoms. The molecule has 0 fully saturated rings. The predicted molar refractivity (Wildman–Crippen MR) is 66.8 cm³/mol. The van der Waals surface area contributed by atoms with Crippen molar-refractivity contribution in [2.24, 2.45) is 0 Å². The van der Waals surface area contributed by atoms with Crippen molar-refractivity contribution in [1.29, 1.82) is 0 Å². The summed E-state index contributed by atoms with van der Waals surface area (Å²) in [7, 11) is 0. The average molecular weight is 306 g/mol. The van der Waals surface area contributed by atoms with Gasteiger partial charge >= 0.3 is 0 Å². The highest BCUT2D eigenvalue weighted by Gasteiger charge is 2.10. The molecule has 1 aromatic heterocycles. The number of aryl methyl sites for hydroxylation is 1. The van der Waals surface area contributed by atoms with E-state index in [1.54, 1.807) is 0 Å². The van der Waals surface area contributed by atoms with Gasteiger partial charge in [0.2, 0.25) is 12.3 Å². The van der Waals surface area contributed by atoms with Gasteiger partial charge in [-0.25, -0.2) is 0 Å². The van der Waals surface area contributed by atoms with Crippen LogP contribution in [0.1, 0.15) is 22.8 Å². The fraction of sp³-hybridized carbons (Fsp3) is 0.200. The van der Waals surface area contributed by atoms with E-state index in [1.807, 2.05) is 47.3 Å². The first-order chi connectivity index (χ1) is 8.29. The molecular weight excluding hydrogens is 290 g/mol. The maximum atomic E-state index is 11.9. The number of nitrogens with zero attached hydrogens (tertiary/aromatic N) is 1. The van der Waals surface area contributed by atoms with Gasteiger partial charge in [-0.1, -0.05) is 37.3 Å². The summed E-state index contributed by atoms with van der Waals surface area (Å²) < 4.78 is 1.91. The van der Waals surface area contributed by atoms with Crippen LogP contribution in [0.2, 0.25) is 0 Å². The standard InChI is InChI=1S/C15H16NO.BrH/c1-2-13-8-10-16(11-9-13)12-15(17)14-6-4-3-5-7-14;/h3-11H,2,12H2,1H3;1H/q+1;/p-1. The first kappa shape index (κ1) is 14.6. The van der Waals surface area contributed by atoms with Crippen molar-refractivity contribution in [1.82, 2.24) is 0 Å². The highest BCUT2D eigenvalue weighted by molar-refractivity contribution is 5.94. The Balaban J connectivity index is 0.00000162. The summed E-state index contributed by atoms with van der Waals surface area (Å²) >= 11 is 0. The summed E-state index contributed by atoms with van der Waals surface area (Å²) in [6.45, 7) is 2.52. The zero-order chi connectivity index (χ0) is 12.1. The molecule has 0 saturated carbocycles. The van der Waals surface area contributed by atoms with Crippen LogP contribution in [-0.4, -0.2) is 5.78 Å². The van der Waals surface area contributed by atoms with Gasteiger partial charge in [-0.2, -0.15) is 4.57 Å². The van der Waals surface area contributed by atoms with Crippen LogP contribution in [0.5, 0.6) is 0 Å². The molecule has 0 saturated heterocycles. The van der Waals surface area contributed by atoms with Crippen molar-refractivity contribution in [2.75, 3.05) is 0 Å². The van der Waals surface area contributed by atoms with E-state index in [9.17, 15) is 4.79 Å². The molecule has 0 radical (unpaired) electrons. The molecule has 0 N–H and O–H groups in total. The summed E-state index contributed by atoms with van der Waals surface area (Å²) in [6, 6.07) is 13.5. The highest BCUT2D eigenvalue weighted by Crippen LogP contribution is 2.00. The van der Waals surface area contributed by atoms with Crippen molar-refractivity contribution in [3.8, 4) is 0 Å². The van der Waals surface area contributed by atoms with Crippen molar-refractivity contribution < 1.29 is 26.3 Å². The minimum Gasteiger partial charge on any atom is -1.00 e. The first-order valence-electron chi connectivity index (χ1n) is 5.86. The smallest absolute Gasteiger partial charge is 0.227 e. The Morgan fingerprint density at radius 2 is 1.67 bits per heavy atom. The second kappa shape index (κ2) is 7.07. The number of benzene rings is 1. The third-order valence-electron chi connectivity index (χ3n) is 2.79. The topological polar surface area (TPSA) is 20.9 Å². The van der Waals surface area contributed by atoms with Crippen molar-refractivity contribution in [3.05, 3.63) is 66.0 Å². The molecule has 94 valence electrons. The minimum absolute atomic E-state index is 0. The normalized spacial score (nSPS) is 9.61. The summed E-state index contributed by atoms with van der Waals surface area (Å²) in [4.78, 5) is 11.9. The van der Waals surface area contributed by atoms with Crippen LogP contribution in [0.15, 0.2) is 54.9 Å². The molecule has 2 aromatic rings. The Morgan fingerprint density at radius 1 is 1.06 bits per heavy atom. The fourth-order valence-electron chi connectivity index (χ4n) is 1.71. The summed E-state index contributed by atoms with van der Waals surface area (Å²) in [6.07, 6.45) is 4.94. The Hall–Kier alpha value is -1.48. The second-order valence-electron chi connectivity index (χ2n) is 4.02. The molecule has 18 heavy (non-hydrogen) atoms. The average Bonchev–Trinajstić information content (AvgIpc) is 2.40. The third kappa shape index (κ3) is 3.77. The van der Waals surface area contributed by atoms with Crippen LogP contribution in [0.3, 0.4) is 0 Å². The van der Waals surface area contributed by atoms with E-state index in [0.717, 1.165) is 12.0 Å². The number of carbonyl (C=O) groups excluding carboxylic acids is 1. The van der Waals surface area contributed by atoms with Crippen LogP contribution in [-0.2, 0) is 13.0 Å². The molecule has 0 atom stereocenters. The van der Waals surface area contributed by atoms with E-state index in [0.29, 0.717) is 6.54 Å². The lowest BCUT2D eigenvalue weighted by atomic mass is 10.1. The quantitative estimate of drug-likeness (QED) is 0.547. The summed E-state index contributed by atoms with van der Waals surface area (Å²) in [5.41, 5.74) is 2.05. The molecule has 1 aromatic carbocycles. The van der Waals surface area contributed by atoms with Crippen molar-refractivity contribution in [2.45, 2.75) is 19.9 Å². The molecule has 0 spiro atoms. The SMILES string of the molecule is CCc1cc[n+](CC(=O)c2ccccc2)cc1.[Br-]. The van der Waals surface area contributed by atoms with Gasteiger partial charge in [0.05, 0.1) is 0 Å². The molecule has 2 rings (SSSR count). The van der Waals surface area contributed by atoms with E-state index in [-0.39, 0.29) is 22.8 Å². The molecule has 0 bridgehead atoms. The number of ketones is 1. The van der Waals surface area contributed by atoms with Gasteiger partial charge in [-0.15, -0.1) is 0 Å². The maximum Gasteiger partial charge on any atom is 0.227 e. The van der Waals surface area contributed by atoms with Crippen LogP contribution in [0, 0.1) is 0 Å². The largest absolute Gasteiger partial charge is 1.00 e. The molecule has 0 aliphatic carbocycles. The van der Waals surface area contributed by atoms with Crippen molar-refractivity contribution >= 4 is 5.78 Å². The molecule has 0 unspecified atom stereocenters. The summed E-state index contributed by atoms with van der Waals surface area (Å²) in [5, 5.41) is 0. The van der Waals surface area contributed by atoms with E-state index < -0.39 is 0 Å². The molecule has 1 heterocycles. The summed E-state index contributed by atoms with van der Waals surface area (Å²) in [5.74, 6) is 0.139. The van der Waals surface area contributed by atoms with Crippen molar-refractivity contribution in [3.63, 3.8) is 0 Å². The van der Waals surface area contributed by atoms with Gasteiger partial charge in [0, 0.05) is 17.7 Å². The Kier molecular flexibility index (Phi) is 5.72. The monoisotopic (exact) mass is 305 g/mol. The zero-order valence-electron chi connectivity index (χ0n) is 10.3. The second-order valence-corrected chi connectivity index (χ2v) is 4.02. The lowest BCUT2D eigenvalue weighted by molar-refractivity contribution is -0.683. The Morgan fingerprint density at radius 3 is 2.22 bits per heavy atom. The van der Waals surface area contributed by atoms with Crippen LogP contribution < -0.4 is 21.5 Å². The molecule has 0 aliphatic heterocycles. The van der Waals surface area contributed by atoms with Gasteiger partial charge in [-0.3, -0.25) is 4.79 Å². The molecule has 0 amide bonds. The number of hydrogen-bond acceptors (Lipinski definition) is 1. The number of Topliss-reactive ketones (excluding diaryl/α,β-unsaturated/α-hetero) is 1. The lowest BCUT2D eigenvalue weighted by Gasteiger charge is -1.98. The van der Waals surface area contributed by atoms with E-state index in [2.05, 4.69) is 19.1 Å². The lowest BCUT2D eigenvalue weighted by Crippen LogP contribution is -3.00. The third-order valence-corrected chi connectivity index (χ3v) is 2.79. The number of pyridine rings is 1. The highest BCUT2D eigenvalue weighted by atomic mass is 79.9.